The number of amides is 1. The Morgan fingerprint density at radius 2 is 1.89 bits per heavy atom. The Morgan fingerprint density at radius 3 is 2.63 bits per heavy atom. The van der Waals surface area contributed by atoms with Gasteiger partial charge in [0.05, 0.1) is 31.0 Å². The van der Waals surface area contributed by atoms with Crippen molar-refractivity contribution in [3.05, 3.63) is 0 Å². The van der Waals surface area contributed by atoms with E-state index in [0.29, 0.717) is 36.6 Å². The number of rotatable bonds is 11. The molecule has 2 heterocycles. The van der Waals surface area contributed by atoms with Gasteiger partial charge < -0.3 is 14.2 Å². The number of carbonyl (C=O) groups excluding carboxylic acids is 1. The summed E-state index contributed by atoms with van der Waals surface area (Å²) in [6.07, 6.45) is 13.1. The molecule has 2 saturated heterocycles. The molecular weight excluding hydrogens is 346 g/mol. The molecule has 3 fully saturated rings. The van der Waals surface area contributed by atoms with Gasteiger partial charge >= 0.3 is 0 Å². The first-order valence-corrected chi connectivity index (χ1v) is 11.0. The lowest BCUT2D eigenvalue weighted by Crippen LogP contribution is -2.33. The van der Waals surface area contributed by atoms with Crippen molar-refractivity contribution in [2.75, 3.05) is 13.2 Å². The minimum Gasteiger partial charge on any atom is -0.378 e. The van der Waals surface area contributed by atoms with Crippen LogP contribution in [0.5, 0.6) is 0 Å². The molecule has 5 atom stereocenters. The highest BCUT2D eigenvalue weighted by molar-refractivity contribution is 5.74. The Balaban J connectivity index is 1.36. The molecule has 156 valence electrons. The maximum atomic E-state index is 11.1. The zero-order chi connectivity index (χ0) is 19.1. The number of carbonyl (C=O) groups is 1. The number of hydrogen-bond donors (Lipinski definition) is 2. The van der Waals surface area contributed by atoms with Crippen LogP contribution in [0.4, 0.5) is 0 Å². The fourth-order valence-electron chi connectivity index (χ4n) is 5.07. The lowest BCUT2D eigenvalue weighted by atomic mass is 9.78. The van der Waals surface area contributed by atoms with E-state index in [4.69, 9.17) is 19.4 Å². The Kier molecular flexibility index (Phi) is 8.37. The summed E-state index contributed by atoms with van der Waals surface area (Å²) in [5, 5.41) is 8.54. The van der Waals surface area contributed by atoms with Crippen LogP contribution < -0.4 is 5.48 Å². The van der Waals surface area contributed by atoms with Gasteiger partial charge in [-0.05, 0) is 57.8 Å². The Labute approximate surface area is 163 Å². The van der Waals surface area contributed by atoms with Crippen molar-refractivity contribution in [3.8, 4) is 0 Å². The Hall–Kier alpha value is -0.690. The van der Waals surface area contributed by atoms with Crippen molar-refractivity contribution in [1.29, 1.82) is 0 Å². The number of fused-ring (bicyclic) bond motifs is 2. The van der Waals surface area contributed by atoms with Crippen LogP contribution in [0.1, 0.15) is 77.6 Å². The van der Waals surface area contributed by atoms with Crippen LogP contribution in [0.15, 0.2) is 0 Å². The van der Waals surface area contributed by atoms with E-state index >= 15 is 0 Å². The number of hydrogen-bond acceptors (Lipinski definition) is 5. The summed E-state index contributed by atoms with van der Waals surface area (Å²) in [7, 11) is 0. The smallest absolute Gasteiger partial charge is 0.243 e. The third kappa shape index (κ3) is 6.14. The fourth-order valence-corrected chi connectivity index (χ4v) is 5.07. The van der Waals surface area contributed by atoms with E-state index < -0.39 is 0 Å². The van der Waals surface area contributed by atoms with Crippen LogP contribution in [0.3, 0.4) is 0 Å². The SMILES string of the molecule is CC(CCCC(=O)NO)OCC1C2CCC(O2)C1CCOC1CCCCC1. The van der Waals surface area contributed by atoms with Crippen LogP contribution in [0.25, 0.3) is 0 Å². The molecule has 5 unspecified atom stereocenters. The summed E-state index contributed by atoms with van der Waals surface area (Å²) in [4.78, 5) is 11.1. The van der Waals surface area contributed by atoms with Crippen LogP contribution in [-0.4, -0.2) is 48.7 Å². The molecule has 3 rings (SSSR count). The average Bonchev–Trinajstić information content (AvgIpc) is 3.29. The van der Waals surface area contributed by atoms with Gasteiger partial charge in [0.2, 0.25) is 5.91 Å². The quantitative estimate of drug-likeness (QED) is 0.421. The molecule has 6 nitrogen and oxygen atoms in total. The van der Waals surface area contributed by atoms with Crippen LogP contribution >= 0.6 is 0 Å². The molecule has 6 heteroatoms. The number of ether oxygens (including phenoxy) is 3. The molecule has 1 saturated carbocycles. The molecular formula is C21H37NO5. The van der Waals surface area contributed by atoms with Crippen LogP contribution in [0.2, 0.25) is 0 Å². The molecule has 0 aromatic carbocycles. The van der Waals surface area contributed by atoms with Crippen molar-refractivity contribution in [3.63, 3.8) is 0 Å². The van der Waals surface area contributed by atoms with E-state index in [9.17, 15) is 4.79 Å². The largest absolute Gasteiger partial charge is 0.378 e. The monoisotopic (exact) mass is 383 g/mol. The van der Waals surface area contributed by atoms with Gasteiger partial charge in [-0.3, -0.25) is 10.0 Å². The minimum absolute atomic E-state index is 0.120. The predicted molar refractivity (Wildman–Crippen MR) is 102 cm³/mol. The summed E-state index contributed by atoms with van der Waals surface area (Å²) in [6, 6.07) is 0. The second-order valence-electron chi connectivity index (χ2n) is 8.61. The third-order valence-corrected chi connectivity index (χ3v) is 6.66. The van der Waals surface area contributed by atoms with Crippen LogP contribution in [0, 0.1) is 11.8 Å². The first kappa shape index (κ1) is 21.0. The van der Waals surface area contributed by atoms with Gasteiger partial charge in [-0.1, -0.05) is 19.3 Å². The van der Waals surface area contributed by atoms with E-state index in [2.05, 4.69) is 6.92 Å². The molecule has 0 aromatic heterocycles. The van der Waals surface area contributed by atoms with Gasteiger partial charge in [0.25, 0.3) is 0 Å². The van der Waals surface area contributed by atoms with Crippen molar-refractivity contribution in [1.82, 2.24) is 5.48 Å². The zero-order valence-electron chi connectivity index (χ0n) is 16.7. The lowest BCUT2D eigenvalue weighted by molar-refractivity contribution is -0.129. The van der Waals surface area contributed by atoms with E-state index in [1.165, 1.54) is 38.5 Å². The highest BCUT2D eigenvalue weighted by Gasteiger charge is 2.48. The predicted octanol–water partition coefficient (Wildman–Crippen LogP) is 3.60. The van der Waals surface area contributed by atoms with Crippen molar-refractivity contribution < 1.29 is 24.2 Å². The molecule has 2 N–H and O–H groups in total. The lowest BCUT2D eigenvalue weighted by Gasteiger charge is -2.30. The van der Waals surface area contributed by atoms with Crippen LogP contribution in [-0.2, 0) is 19.0 Å². The van der Waals surface area contributed by atoms with Crippen molar-refractivity contribution in [2.24, 2.45) is 11.8 Å². The van der Waals surface area contributed by atoms with E-state index in [0.717, 1.165) is 38.9 Å². The molecule has 0 aromatic rings. The topological polar surface area (TPSA) is 77.0 Å². The summed E-state index contributed by atoms with van der Waals surface area (Å²) < 4.78 is 18.4. The van der Waals surface area contributed by atoms with Crippen molar-refractivity contribution >= 4 is 5.91 Å². The molecule has 27 heavy (non-hydrogen) atoms. The van der Waals surface area contributed by atoms with E-state index in [1.54, 1.807) is 5.48 Å². The minimum atomic E-state index is -0.332. The molecule has 1 aliphatic carbocycles. The van der Waals surface area contributed by atoms with Gasteiger partial charge in [0, 0.05) is 18.9 Å². The van der Waals surface area contributed by atoms with Crippen molar-refractivity contribution in [2.45, 2.75) is 102 Å². The Bertz CT molecular complexity index is 454. The fraction of sp³-hybridized carbons (Fsp3) is 0.952. The van der Waals surface area contributed by atoms with E-state index in [-0.39, 0.29) is 12.0 Å². The van der Waals surface area contributed by atoms with Gasteiger partial charge in [-0.25, -0.2) is 5.48 Å². The summed E-state index contributed by atoms with van der Waals surface area (Å²) in [5.74, 6) is 0.698. The standard InChI is InChI=1S/C21H37NO5/c1-15(6-5-9-21(23)22-24)26-14-18-17(19-10-11-20(18)27-19)12-13-25-16-7-3-2-4-8-16/h15-20,24H,2-14H2,1H3,(H,22,23). The number of nitrogens with one attached hydrogen (secondary N) is 1. The van der Waals surface area contributed by atoms with E-state index in [1.807, 2.05) is 0 Å². The Morgan fingerprint density at radius 1 is 1.15 bits per heavy atom. The summed E-state index contributed by atoms with van der Waals surface area (Å²) in [6.45, 7) is 3.65. The first-order chi connectivity index (χ1) is 13.2. The summed E-state index contributed by atoms with van der Waals surface area (Å²) >= 11 is 0. The maximum Gasteiger partial charge on any atom is 0.243 e. The second kappa shape index (κ2) is 10.7. The molecule has 3 aliphatic rings. The number of hydroxylamine groups is 1. The average molecular weight is 384 g/mol. The van der Waals surface area contributed by atoms with Gasteiger partial charge in [-0.15, -0.1) is 0 Å². The summed E-state index contributed by atoms with van der Waals surface area (Å²) in [5.41, 5.74) is 1.67. The maximum absolute atomic E-state index is 11.1. The molecule has 2 bridgehead atoms. The molecule has 2 aliphatic heterocycles. The second-order valence-corrected chi connectivity index (χ2v) is 8.61. The molecule has 0 spiro atoms. The third-order valence-electron chi connectivity index (χ3n) is 6.66. The van der Waals surface area contributed by atoms with Gasteiger partial charge in [0.1, 0.15) is 0 Å². The molecule has 0 radical (unpaired) electrons. The zero-order valence-corrected chi connectivity index (χ0v) is 16.7. The van der Waals surface area contributed by atoms with Gasteiger partial charge in [0.15, 0.2) is 0 Å². The normalized spacial score (nSPS) is 31.9. The highest BCUT2D eigenvalue weighted by Crippen LogP contribution is 2.45. The molecule has 1 amide bonds. The first-order valence-electron chi connectivity index (χ1n) is 11.0. The highest BCUT2D eigenvalue weighted by atomic mass is 16.5. The van der Waals surface area contributed by atoms with Gasteiger partial charge in [-0.2, -0.15) is 0 Å².